The van der Waals surface area contributed by atoms with E-state index in [2.05, 4.69) is 4.98 Å². The lowest BCUT2D eigenvalue weighted by molar-refractivity contribution is 0.618. The van der Waals surface area contributed by atoms with E-state index in [0.717, 1.165) is 17.1 Å². The minimum Gasteiger partial charge on any atom is -0.397 e. The number of hydrogen-bond donors (Lipinski definition) is 1. The van der Waals surface area contributed by atoms with Crippen LogP contribution in [-0.2, 0) is 0 Å². The minimum absolute atomic E-state index is 0.200. The number of nitrogens with zero attached hydrogens (tertiary/aromatic N) is 2. The lowest BCUT2D eigenvalue weighted by Crippen LogP contribution is -2.12. The number of anilines is 3. The largest absolute Gasteiger partial charge is 0.397 e. The number of halogens is 1. The number of aryl methyl sites for hydroxylation is 2. The molecular formula is C14H16FN3. The normalized spacial score (nSPS) is 10.4. The van der Waals surface area contributed by atoms with Crippen molar-refractivity contribution in [1.29, 1.82) is 0 Å². The molecule has 0 atom stereocenters. The van der Waals surface area contributed by atoms with Crippen molar-refractivity contribution in [3.63, 3.8) is 0 Å². The minimum atomic E-state index is -0.200. The van der Waals surface area contributed by atoms with Crippen molar-refractivity contribution in [1.82, 2.24) is 4.98 Å². The highest BCUT2D eigenvalue weighted by Gasteiger charge is 2.08. The number of nitrogen functional groups attached to an aromatic ring is 1. The summed E-state index contributed by atoms with van der Waals surface area (Å²) in [6, 6.07) is 6.90. The van der Waals surface area contributed by atoms with Crippen molar-refractivity contribution in [3.8, 4) is 0 Å². The van der Waals surface area contributed by atoms with Gasteiger partial charge >= 0.3 is 0 Å². The van der Waals surface area contributed by atoms with Crippen molar-refractivity contribution < 1.29 is 4.39 Å². The summed E-state index contributed by atoms with van der Waals surface area (Å²) in [4.78, 5) is 6.18. The van der Waals surface area contributed by atoms with Crippen LogP contribution in [0.25, 0.3) is 0 Å². The third-order valence-corrected chi connectivity index (χ3v) is 3.01. The van der Waals surface area contributed by atoms with Crippen LogP contribution in [0.5, 0.6) is 0 Å². The summed E-state index contributed by atoms with van der Waals surface area (Å²) in [5, 5.41) is 0. The lowest BCUT2D eigenvalue weighted by atomic mass is 10.2. The van der Waals surface area contributed by atoms with Crippen LogP contribution < -0.4 is 10.6 Å². The van der Waals surface area contributed by atoms with E-state index in [4.69, 9.17) is 5.73 Å². The number of rotatable bonds is 2. The average Bonchev–Trinajstić information content (AvgIpc) is 2.35. The van der Waals surface area contributed by atoms with Crippen LogP contribution in [0.1, 0.15) is 11.1 Å². The molecule has 0 aliphatic carbocycles. The van der Waals surface area contributed by atoms with Gasteiger partial charge in [0.15, 0.2) is 0 Å². The van der Waals surface area contributed by atoms with Gasteiger partial charge in [-0.3, -0.25) is 0 Å². The van der Waals surface area contributed by atoms with Crippen LogP contribution in [0, 0.1) is 19.7 Å². The number of pyridine rings is 1. The Labute approximate surface area is 106 Å². The Hall–Kier alpha value is -2.10. The maximum absolute atomic E-state index is 13.2. The lowest BCUT2D eigenvalue weighted by Gasteiger charge is -2.19. The van der Waals surface area contributed by atoms with Crippen molar-refractivity contribution >= 4 is 17.2 Å². The first-order chi connectivity index (χ1) is 8.49. The quantitative estimate of drug-likeness (QED) is 0.883. The Morgan fingerprint density at radius 1 is 1.17 bits per heavy atom. The SMILES string of the molecule is Cc1cc(N(C)c2ccc(F)c(C)c2)ncc1N. The zero-order valence-corrected chi connectivity index (χ0v) is 10.7. The average molecular weight is 245 g/mol. The van der Waals surface area contributed by atoms with Gasteiger partial charge in [-0.25, -0.2) is 9.37 Å². The van der Waals surface area contributed by atoms with Crippen LogP contribution in [0.2, 0.25) is 0 Å². The van der Waals surface area contributed by atoms with Gasteiger partial charge in [-0.1, -0.05) is 0 Å². The molecular weight excluding hydrogens is 229 g/mol. The Morgan fingerprint density at radius 2 is 1.89 bits per heavy atom. The first-order valence-electron chi connectivity index (χ1n) is 5.71. The molecule has 1 aromatic heterocycles. The standard InChI is InChI=1S/C14H16FN3/c1-9-6-11(4-5-12(9)15)18(3)14-7-10(2)13(16)8-17-14/h4-8H,16H2,1-3H3. The second-order valence-corrected chi connectivity index (χ2v) is 4.39. The monoisotopic (exact) mass is 245 g/mol. The summed E-state index contributed by atoms with van der Waals surface area (Å²) in [5.74, 6) is 0.585. The van der Waals surface area contributed by atoms with Crippen molar-refractivity contribution in [3.05, 3.63) is 47.4 Å². The molecule has 3 nitrogen and oxygen atoms in total. The van der Waals surface area contributed by atoms with Crippen LogP contribution >= 0.6 is 0 Å². The number of hydrogen-bond acceptors (Lipinski definition) is 3. The molecule has 94 valence electrons. The molecule has 0 aliphatic heterocycles. The number of benzene rings is 1. The molecule has 0 spiro atoms. The molecule has 4 heteroatoms. The van der Waals surface area contributed by atoms with Crippen molar-refractivity contribution in [2.45, 2.75) is 13.8 Å². The molecule has 1 aromatic carbocycles. The number of aromatic nitrogens is 1. The molecule has 1 heterocycles. The Kier molecular flexibility index (Phi) is 3.19. The van der Waals surface area contributed by atoms with Crippen molar-refractivity contribution in [2.24, 2.45) is 0 Å². The summed E-state index contributed by atoms with van der Waals surface area (Å²) in [5.41, 5.74) is 8.90. The summed E-state index contributed by atoms with van der Waals surface area (Å²) in [7, 11) is 1.89. The zero-order chi connectivity index (χ0) is 13.3. The molecule has 2 rings (SSSR count). The van der Waals surface area contributed by atoms with Crippen LogP contribution in [0.15, 0.2) is 30.5 Å². The van der Waals surface area contributed by atoms with E-state index in [1.807, 2.05) is 24.9 Å². The van der Waals surface area contributed by atoms with E-state index in [1.165, 1.54) is 6.07 Å². The predicted molar refractivity (Wildman–Crippen MR) is 72.6 cm³/mol. The second kappa shape index (κ2) is 4.64. The van der Waals surface area contributed by atoms with Gasteiger partial charge in [0.25, 0.3) is 0 Å². The van der Waals surface area contributed by atoms with Gasteiger partial charge in [-0.15, -0.1) is 0 Å². The van der Waals surface area contributed by atoms with E-state index in [9.17, 15) is 4.39 Å². The fourth-order valence-corrected chi connectivity index (χ4v) is 1.70. The molecule has 18 heavy (non-hydrogen) atoms. The molecule has 0 aliphatic rings. The topological polar surface area (TPSA) is 42.2 Å². The third-order valence-electron chi connectivity index (χ3n) is 3.01. The maximum Gasteiger partial charge on any atom is 0.133 e. The zero-order valence-electron chi connectivity index (χ0n) is 10.7. The summed E-state index contributed by atoms with van der Waals surface area (Å²) in [6.45, 7) is 3.68. The fraction of sp³-hybridized carbons (Fsp3) is 0.214. The van der Waals surface area contributed by atoms with E-state index in [0.29, 0.717) is 11.3 Å². The molecule has 2 N–H and O–H groups in total. The van der Waals surface area contributed by atoms with E-state index >= 15 is 0 Å². The second-order valence-electron chi connectivity index (χ2n) is 4.39. The Morgan fingerprint density at radius 3 is 2.50 bits per heavy atom. The molecule has 0 radical (unpaired) electrons. The van der Waals surface area contributed by atoms with Crippen LogP contribution in [0.3, 0.4) is 0 Å². The highest BCUT2D eigenvalue weighted by atomic mass is 19.1. The van der Waals surface area contributed by atoms with Gasteiger partial charge in [-0.05, 0) is 49.2 Å². The fourth-order valence-electron chi connectivity index (χ4n) is 1.70. The first kappa shape index (κ1) is 12.4. The van der Waals surface area contributed by atoms with E-state index in [-0.39, 0.29) is 5.82 Å². The predicted octanol–water partition coefficient (Wildman–Crippen LogP) is 3.19. The molecule has 0 saturated heterocycles. The van der Waals surface area contributed by atoms with Gasteiger partial charge in [0, 0.05) is 12.7 Å². The third kappa shape index (κ3) is 2.27. The highest BCUT2D eigenvalue weighted by molar-refractivity contribution is 5.62. The van der Waals surface area contributed by atoms with Gasteiger partial charge < -0.3 is 10.6 Å². The first-order valence-corrected chi connectivity index (χ1v) is 5.71. The van der Waals surface area contributed by atoms with Gasteiger partial charge in [0.05, 0.1) is 11.9 Å². The van der Waals surface area contributed by atoms with Gasteiger partial charge in [0.1, 0.15) is 11.6 Å². The molecule has 0 unspecified atom stereocenters. The van der Waals surface area contributed by atoms with Crippen molar-refractivity contribution in [2.75, 3.05) is 17.7 Å². The molecule has 0 saturated carbocycles. The van der Waals surface area contributed by atoms with Gasteiger partial charge in [-0.2, -0.15) is 0 Å². The maximum atomic E-state index is 13.2. The molecule has 0 fully saturated rings. The van der Waals surface area contributed by atoms with Crippen LogP contribution in [0.4, 0.5) is 21.6 Å². The Bertz CT molecular complexity index is 530. The Balaban J connectivity index is 2.37. The summed E-state index contributed by atoms with van der Waals surface area (Å²) >= 11 is 0. The van der Waals surface area contributed by atoms with Crippen LogP contribution in [-0.4, -0.2) is 12.0 Å². The smallest absolute Gasteiger partial charge is 0.133 e. The number of nitrogens with two attached hydrogens (primary N) is 1. The summed E-state index contributed by atoms with van der Waals surface area (Å²) < 4.78 is 13.2. The molecule has 0 amide bonds. The van der Waals surface area contributed by atoms with E-state index in [1.54, 1.807) is 25.3 Å². The van der Waals surface area contributed by atoms with Gasteiger partial charge in [0.2, 0.25) is 0 Å². The molecule has 2 aromatic rings. The summed E-state index contributed by atoms with van der Waals surface area (Å²) in [6.07, 6.45) is 1.64. The van der Waals surface area contributed by atoms with E-state index < -0.39 is 0 Å². The highest BCUT2D eigenvalue weighted by Crippen LogP contribution is 2.25. The molecule has 0 bridgehead atoms.